The molecule has 1 unspecified atom stereocenters. The van der Waals surface area contributed by atoms with E-state index in [9.17, 15) is 4.79 Å². The lowest BCUT2D eigenvalue weighted by atomic mass is 9.98. The highest BCUT2D eigenvalue weighted by molar-refractivity contribution is 7.99. The Morgan fingerprint density at radius 3 is 2.39 bits per heavy atom. The predicted octanol–water partition coefficient (Wildman–Crippen LogP) is 5.38. The van der Waals surface area contributed by atoms with Gasteiger partial charge in [-0.15, -0.1) is 11.8 Å². The first-order valence-electron chi connectivity index (χ1n) is 8.05. The Hall–Kier alpha value is -1.74. The average Bonchev–Trinajstić information content (AvgIpc) is 2.55. The van der Waals surface area contributed by atoms with Crippen LogP contribution < -0.4 is 5.32 Å². The minimum Gasteiger partial charge on any atom is -0.325 e. The van der Waals surface area contributed by atoms with E-state index in [1.807, 2.05) is 44.2 Å². The lowest BCUT2D eigenvalue weighted by molar-refractivity contribution is -0.115. The van der Waals surface area contributed by atoms with E-state index in [0.29, 0.717) is 5.92 Å². The van der Waals surface area contributed by atoms with Crippen molar-refractivity contribution in [1.82, 2.24) is 0 Å². The van der Waals surface area contributed by atoms with Crippen molar-refractivity contribution in [2.75, 3.05) is 5.32 Å². The highest BCUT2D eigenvalue weighted by Crippen LogP contribution is 2.28. The van der Waals surface area contributed by atoms with Crippen LogP contribution in [0.4, 0.5) is 5.69 Å². The summed E-state index contributed by atoms with van der Waals surface area (Å²) >= 11 is 1.66. The monoisotopic (exact) mass is 327 g/mol. The van der Waals surface area contributed by atoms with Crippen LogP contribution in [0.3, 0.4) is 0 Å². The predicted molar refractivity (Wildman–Crippen MR) is 101 cm³/mol. The fraction of sp³-hybridized carbons (Fsp3) is 0.350. The molecule has 0 saturated carbocycles. The van der Waals surface area contributed by atoms with E-state index in [4.69, 9.17) is 0 Å². The Morgan fingerprint density at radius 2 is 1.74 bits per heavy atom. The molecule has 0 bridgehead atoms. The molecule has 0 aliphatic rings. The van der Waals surface area contributed by atoms with Crippen LogP contribution in [-0.4, -0.2) is 11.2 Å². The van der Waals surface area contributed by atoms with Gasteiger partial charge in [0, 0.05) is 11.4 Å². The van der Waals surface area contributed by atoms with Gasteiger partial charge in [-0.3, -0.25) is 4.79 Å². The molecular weight excluding hydrogens is 302 g/mol. The Morgan fingerprint density at radius 1 is 1.04 bits per heavy atom. The number of carbonyl (C=O) groups is 1. The zero-order valence-corrected chi connectivity index (χ0v) is 15.1. The minimum absolute atomic E-state index is 0.0714. The van der Waals surface area contributed by atoms with Gasteiger partial charge in [0.15, 0.2) is 0 Å². The van der Waals surface area contributed by atoms with Crippen LogP contribution in [-0.2, 0) is 10.5 Å². The lowest BCUT2D eigenvalue weighted by Crippen LogP contribution is -2.24. The average molecular weight is 327 g/mol. The Bertz CT molecular complexity index is 652. The van der Waals surface area contributed by atoms with Crippen LogP contribution in [0.1, 0.15) is 43.4 Å². The van der Waals surface area contributed by atoms with E-state index < -0.39 is 0 Å². The smallest absolute Gasteiger partial charge is 0.237 e. The Kier molecular flexibility index (Phi) is 6.28. The second-order valence-corrected chi connectivity index (χ2v) is 7.45. The molecule has 0 aromatic heterocycles. The second kappa shape index (κ2) is 8.21. The molecule has 0 saturated heterocycles. The molecule has 1 atom stereocenters. The normalized spacial score (nSPS) is 12.2. The number of benzene rings is 2. The van der Waals surface area contributed by atoms with Crippen LogP contribution in [0.5, 0.6) is 0 Å². The summed E-state index contributed by atoms with van der Waals surface area (Å²) in [5, 5.41) is 3.05. The van der Waals surface area contributed by atoms with E-state index in [0.717, 1.165) is 17.0 Å². The number of para-hydroxylation sites is 1. The van der Waals surface area contributed by atoms with Crippen molar-refractivity contribution in [3.8, 4) is 0 Å². The number of anilines is 1. The van der Waals surface area contributed by atoms with Crippen LogP contribution in [0.15, 0.2) is 48.5 Å². The van der Waals surface area contributed by atoms with Crippen molar-refractivity contribution in [3.63, 3.8) is 0 Å². The fourth-order valence-electron chi connectivity index (χ4n) is 2.44. The maximum atomic E-state index is 12.5. The van der Waals surface area contributed by atoms with Gasteiger partial charge in [0.05, 0.1) is 5.25 Å². The third-order valence-electron chi connectivity index (χ3n) is 3.89. The van der Waals surface area contributed by atoms with Crippen LogP contribution in [0.2, 0.25) is 0 Å². The summed E-state index contributed by atoms with van der Waals surface area (Å²) in [5.74, 6) is 1.31. The molecular formula is C20H25NOS. The SMILES string of the molecule is Cc1cccc(C(C)C)c1NC(=O)C(C)SCc1ccccc1. The van der Waals surface area contributed by atoms with Crippen molar-refractivity contribution < 1.29 is 4.79 Å². The fourth-order valence-corrected chi connectivity index (χ4v) is 3.28. The first-order valence-corrected chi connectivity index (χ1v) is 9.09. The minimum atomic E-state index is -0.0881. The summed E-state index contributed by atoms with van der Waals surface area (Å²) in [6.45, 7) is 8.32. The number of thioether (sulfide) groups is 1. The van der Waals surface area contributed by atoms with Crippen molar-refractivity contribution in [2.45, 2.75) is 44.6 Å². The molecule has 0 aliphatic carbocycles. The molecule has 2 aromatic rings. The molecule has 0 aliphatic heterocycles. The molecule has 1 amide bonds. The topological polar surface area (TPSA) is 29.1 Å². The molecule has 122 valence electrons. The van der Waals surface area contributed by atoms with Crippen molar-refractivity contribution in [3.05, 3.63) is 65.2 Å². The van der Waals surface area contributed by atoms with Gasteiger partial charge in [0.2, 0.25) is 5.91 Å². The van der Waals surface area contributed by atoms with Crippen LogP contribution in [0, 0.1) is 6.92 Å². The van der Waals surface area contributed by atoms with Gasteiger partial charge in [-0.05, 0) is 36.5 Å². The summed E-state index contributed by atoms with van der Waals surface area (Å²) in [6.07, 6.45) is 0. The maximum Gasteiger partial charge on any atom is 0.237 e. The van der Waals surface area contributed by atoms with E-state index >= 15 is 0 Å². The number of hydrogen-bond acceptors (Lipinski definition) is 2. The van der Waals surface area contributed by atoms with Crippen LogP contribution >= 0.6 is 11.8 Å². The van der Waals surface area contributed by atoms with Gasteiger partial charge in [0.25, 0.3) is 0 Å². The van der Waals surface area contributed by atoms with Crippen molar-refractivity contribution >= 4 is 23.4 Å². The van der Waals surface area contributed by atoms with Crippen molar-refractivity contribution in [1.29, 1.82) is 0 Å². The molecule has 3 heteroatoms. The molecule has 1 N–H and O–H groups in total. The third-order valence-corrected chi connectivity index (χ3v) is 5.10. The zero-order chi connectivity index (χ0) is 16.8. The van der Waals surface area contributed by atoms with Gasteiger partial charge in [-0.2, -0.15) is 0 Å². The lowest BCUT2D eigenvalue weighted by Gasteiger charge is -2.18. The highest BCUT2D eigenvalue weighted by atomic mass is 32.2. The largest absolute Gasteiger partial charge is 0.325 e. The molecule has 2 aromatic carbocycles. The van der Waals surface area contributed by atoms with Gasteiger partial charge in [-0.25, -0.2) is 0 Å². The van der Waals surface area contributed by atoms with Gasteiger partial charge < -0.3 is 5.32 Å². The first kappa shape index (κ1) is 17.6. The molecule has 23 heavy (non-hydrogen) atoms. The van der Waals surface area contributed by atoms with Crippen LogP contribution in [0.25, 0.3) is 0 Å². The maximum absolute atomic E-state index is 12.5. The Balaban J connectivity index is 2.01. The molecule has 0 spiro atoms. The van der Waals surface area contributed by atoms with E-state index in [1.54, 1.807) is 11.8 Å². The molecule has 0 radical (unpaired) electrons. The van der Waals surface area contributed by atoms with Gasteiger partial charge >= 0.3 is 0 Å². The molecule has 0 fully saturated rings. The third kappa shape index (κ3) is 4.87. The molecule has 2 rings (SSSR count). The number of carbonyl (C=O) groups excluding carboxylic acids is 1. The number of amides is 1. The number of rotatable bonds is 6. The van der Waals surface area contributed by atoms with E-state index in [-0.39, 0.29) is 11.2 Å². The van der Waals surface area contributed by atoms with Crippen molar-refractivity contribution in [2.24, 2.45) is 0 Å². The molecule has 2 nitrogen and oxygen atoms in total. The summed E-state index contributed by atoms with van der Waals surface area (Å²) in [7, 11) is 0. The summed E-state index contributed by atoms with van der Waals surface area (Å²) in [4.78, 5) is 12.5. The van der Waals surface area contributed by atoms with E-state index in [2.05, 4.69) is 37.4 Å². The number of nitrogens with one attached hydrogen (secondary N) is 1. The van der Waals surface area contributed by atoms with Gasteiger partial charge in [0.1, 0.15) is 0 Å². The second-order valence-electron chi connectivity index (χ2n) is 6.12. The van der Waals surface area contributed by atoms with E-state index in [1.165, 1.54) is 11.1 Å². The standard InChI is InChI=1S/C20H25NOS/c1-14(2)18-12-8-9-15(3)19(18)21-20(22)16(4)23-13-17-10-6-5-7-11-17/h5-12,14,16H,13H2,1-4H3,(H,21,22). The Labute approximate surface area is 143 Å². The molecule has 0 heterocycles. The first-order chi connectivity index (χ1) is 11.0. The highest BCUT2D eigenvalue weighted by Gasteiger charge is 2.17. The summed E-state index contributed by atoms with van der Waals surface area (Å²) < 4.78 is 0. The number of aryl methyl sites for hydroxylation is 1. The zero-order valence-electron chi connectivity index (χ0n) is 14.3. The quantitative estimate of drug-likeness (QED) is 0.772. The summed E-state index contributed by atoms with van der Waals surface area (Å²) in [6, 6.07) is 16.4. The number of hydrogen-bond donors (Lipinski definition) is 1. The van der Waals surface area contributed by atoms with Gasteiger partial charge in [-0.1, -0.05) is 62.4 Å². The summed E-state index contributed by atoms with van der Waals surface area (Å²) in [5.41, 5.74) is 4.53.